The lowest BCUT2D eigenvalue weighted by Gasteiger charge is -2.28. The maximum atomic E-state index is 12.4. The van der Waals surface area contributed by atoms with Crippen LogP contribution in [0.15, 0.2) is 0 Å². The highest BCUT2D eigenvalue weighted by Crippen LogP contribution is 2.25. The summed E-state index contributed by atoms with van der Waals surface area (Å²) in [6.45, 7) is 12.6. The zero-order chi connectivity index (χ0) is 19.5. The SMILES string of the molecule is CC[Si](CC)(CC)CCOC(=O)C(CCSC)NC(=O)OC(C)(C)C. The van der Waals surface area contributed by atoms with Crippen molar-refractivity contribution < 1.29 is 19.1 Å². The number of alkyl carbamates (subject to hydrolysis) is 1. The van der Waals surface area contributed by atoms with Crippen LogP contribution in [0.1, 0.15) is 48.0 Å². The number of rotatable bonds is 11. The van der Waals surface area contributed by atoms with Crippen molar-refractivity contribution in [3.63, 3.8) is 0 Å². The first kappa shape index (κ1) is 24.3. The van der Waals surface area contributed by atoms with Crippen LogP contribution in [0.3, 0.4) is 0 Å². The van der Waals surface area contributed by atoms with Crippen molar-refractivity contribution in [1.82, 2.24) is 5.32 Å². The highest BCUT2D eigenvalue weighted by atomic mass is 32.2. The molecule has 0 aromatic heterocycles. The topological polar surface area (TPSA) is 64.6 Å². The van der Waals surface area contributed by atoms with Crippen LogP contribution < -0.4 is 5.32 Å². The normalized spacial score (nSPS) is 13.2. The molecule has 7 heteroatoms. The van der Waals surface area contributed by atoms with Gasteiger partial charge in [-0.3, -0.25) is 0 Å². The minimum Gasteiger partial charge on any atom is -0.464 e. The third kappa shape index (κ3) is 10.1. The van der Waals surface area contributed by atoms with Crippen LogP contribution in [-0.4, -0.2) is 50.4 Å². The summed E-state index contributed by atoms with van der Waals surface area (Å²) in [5, 5.41) is 2.66. The third-order valence-corrected chi connectivity index (χ3v) is 11.1. The molecule has 0 saturated carbocycles. The minimum atomic E-state index is -1.30. The molecule has 0 radical (unpaired) electrons. The second-order valence-corrected chi connectivity index (χ2v) is 14.1. The van der Waals surface area contributed by atoms with E-state index in [0.717, 1.165) is 11.8 Å². The van der Waals surface area contributed by atoms with E-state index in [9.17, 15) is 9.59 Å². The first-order valence-corrected chi connectivity index (χ1v) is 13.5. The quantitative estimate of drug-likeness (QED) is 0.409. The molecule has 0 aliphatic rings. The second kappa shape index (κ2) is 11.8. The zero-order valence-electron chi connectivity index (χ0n) is 17.1. The first-order chi connectivity index (χ1) is 11.6. The van der Waals surface area contributed by atoms with Gasteiger partial charge in [-0.05, 0) is 45.2 Å². The molecular formula is C18H37NO4SSi. The molecule has 1 amide bonds. The average Bonchev–Trinajstić information content (AvgIpc) is 2.54. The molecule has 0 aromatic carbocycles. The summed E-state index contributed by atoms with van der Waals surface area (Å²) < 4.78 is 10.8. The largest absolute Gasteiger partial charge is 0.464 e. The fourth-order valence-electron chi connectivity index (χ4n) is 2.68. The maximum Gasteiger partial charge on any atom is 0.408 e. The number of carbonyl (C=O) groups excluding carboxylic acids is 2. The van der Waals surface area contributed by atoms with Gasteiger partial charge in [-0.25, -0.2) is 9.59 Å². The van der Waals surface area contributed by atoms with E-state index in [2.05, 4.69) is 26.1 Å². The Morgan fingerprint density at radius 3 is 2.12 bits per heavy atom. The van der Waals surface area contributed by atoms with Crippen molar-refractivity contribution in [3.05, 3.63) is 0 Å². The molecule has 0 aromatic rings. The van der Waals surface area contributed by atoms with E-state index in [0.29, 0.717) is 13.0 Å². The van der Waals surface area contributed by atoms with Gasteiger partial charge in [0.05, 0.1) is 14.7 Å². The van der Waals surface area contributed by atoms with Gasteiger partial charge in [-0.1, -0.05) is 38.9 Å². The fraction of sp³-hybridized carbons (Fsp3) is 0.889. The first-order valence-electron chi connectivity index (χ1n) is 9.28. The summed E-state index contributed by atoms with van der Waals surface area (Å²) in [7, 11) is -1.30. The standard InChI is InChI=1S/C18H37NO4SSi/c1-8-25(9-2,10-3)14-12-22-16(20)15(11-13-24-7)19-17(21)23-18(4,5)6/h15H,8-14H2,1-7H3,(H,19,21). The third-order valence-electron chi connectivity index (χ3n) is 4.71. The molecule has 0 rings (SSSR count). The second-order valence-electron chi connectivity index (χ2n) is 7.46. The van der Waals surface area contributed by atoms with E-state index in [1.807, 2.05) is 6.26 Å². The number of hydrogen-bond donors (Lipinski definition) is 1. The Labute approximate surface area is 159 Å². The summed E-state index contributed by atoms with van der Waals surface area (Å²) in [4.78, 5) is 24.4. The van der Waals surface area contributed by atoms with Crippen molar-refractivity contribution in [2.24, 2.45) is 0 Å². The number of thioether (sulfide) groups is 1. The molecule has 0 heterocycles. The van der Waals surface area contributed by atoms with E-state index in [1.165, 1.54) is 18.1 Å². The van der Waals surface area contributed by atoms with Gasteiger partial charge in [-0.15, -0.1) is 0 Å². The molecule has 0 bridgehead atoms. The highest BCUT2D eigenvalue weighted by molar-refractivity contribution is 7.98. The van der Waals surface area contributed by atoms with E-state index in [1.54, 1.807) is 32.5 Å². The molecule has 0 fully saturated rings. The van der Waals surface area contributed by atoms with E-state index in [4.69, 9.17) is 9.47 Å². The zero-order valence-corrected chi connectivity index (χ0v) is 18.9. The summed E-state index contributed by atoms with van der Waals surface area (Å²) in [5.41, 5.74) is -0.591. The number of esters is 1. The van der Waals surface area contributed by atoms with Gasteiger partial charge >= 0.3 is 12.1 Å². The molecule has 25 heavy (non-hydrogen) atoms. The minimum absolute atomic E-state index is 0.355. The summed E-state index contributed by atoms with van der Waals surface area (Å²) in [6.07, 6.45) is 1.94. The predicted octanol–water partition coefficient (Wildman–Crippen LogP) is 4.68. The summed E-state index contributed by atoms with van der Waals surface area (Å²) >= 11 is 1.63. The van der Waals surface area contributed by atoms with E-state index >= 15 is 0 Å². The molecule has 1 N–H and O–H groups in total. The van der Waals surface area contributed by atoms with Gasteiger partial charge in [-0.2, -0.15) is 11.8 Å². The molecule has 0 saturated heterocycles. The van der Waals surface area contributed by atoms with Crippen LogP contribution in [0.5, 0.6) is 0 Å². The van der Waals surface area contributed by atoms with Crippen molar-refractivity contribution >= 4 is 31.9 Å². The Bertz CT molecular complexity index is 400. The van der Waals surface area contributed by atoms with E-state index < -0.39 is 25.8 Å². The molecule has 0 spiro atoms. The van der Waals surface area contributed by atoms with Crippen molar-refractivity contribution in [3.8, 4) is 0 Å². The maximum absolute atomic E-state index is 12.4. The lowest BCUT2D eigenvalue weighted by Crippen LogP contribution is -2.45. The van der Waals surface area contributed by atoms with Crippen LogP contribution in [0.4, 0.5) is 4.79 Å². The fourth-order valence-corrected chi connectivity index (χ4v) is 6.25. The lowest BCUT2D eigenvalue weighted by molar-refractivity contribution is -0.145. The molecule has 148 valence electrons. The number of nitrogens with one attached hydrogen (secondary N) is 1. The average molecular weight is 392 g/mol. The Morgan fingerprint density at radius 1 is 1.12 bits per heavy atom. The van der Waals surface area contributed by atoms with Crippen LogP contribution in [0.25, 0.3) is 0 Å². The van der Waals surface area contributed by atoms with Gasteiger partial charge in [0.1, 0.15) is 11.6 Å². The van der Waals surface area contributed by atoms with Gasteiger partial charge in [0.25, 0.3) is 0 Å². The Kier molecular flexibility index (Phi) is 11.5. The molecule has 1 atom stereocenters. The van der Waals surface area contributed by atoms with Crippen LogP contribution >= 0.6 is 11.8 Å². The van der Waals surface area contributed by atoms with Crippen molar-refractivity contribution in [2.75, 3.05) is 18.6 Å². The van der Waals surface area contributed by atoms with E-state index in [-0.39, 0.29) is 5.97 Å². The number of hydrogen-bond acceptors (Lipinski definition) is 5. The molecule has 0 aliphatic heterocycles. The summed E-state index contributed by atoms with van der Waals surface area (Å²) in [6, 6.07) is 3.98. The van der Waals surface area contributed by atoms with Gasteiger partial charge in [0.15, 0.2) is 0 Å². The Balaban J connectivity index is 4.65. The lowest BCUT2D eigenvalue weighted by atomic mass is 10.2. The number of ether oxygens (including phenoxy) is 2. The number of carbonyl (C=O) groups is 2. The Hall–Kier alpha value is -0.693. The van der Waals surface area contributed by atoms with Gasteiger partial charge in [0.2, 0.25) is 0 Å². The molecule has 0 aliphatic carbocycles. The molecule has 1 unspecified atom stereocenters. The highest BCUT2D eigenvalue weighted by Gasteiger charge is 2.29. The van der Waals surface area contributed by atoms with Gasteiger partial charge < -0.3 is 14.8 Å². The number of amides is 1. The van der Waals surface area contributed by atoms with Crippen LogP contribution in [0, 0.1) is 0 Å². The summed E-state index contributed by atoms with van der Waals surface area (Å²) in [5.74, 6) is 0.416. The monoisotopic (exact) mass is 391 g/mol. The van der Waals surface area contributed by atoms with Gasteiger partial charge in [0, 0.05) is 0 Å². The predicted molar refractivity (Wildman–Crippen MR) is 109 cm³/mol. The molecular weight excluding hydrogens is 354 g/mol. The molecule has 5 nitrogen and oxygen atoms in total. The van der Waals surface area contributed by atoms with Crippen LogP contribution in [0.2, 0.25) is 24.2 Å². The Morgan fingerprint density at radius 2 is 1.68 bits per heavy atom. The smallest absolute Gasteiger partial charge is 0.408 e. The van der Waals surface area contributed by atoms with Crippen molar-refractivity contribution in [2.45, 2.75) is 83.8 Å². The van der Waals surface area contributed by atoms with Crippen molar-refractivity contribution in [1.29, 1.82) is 0 Å². The van der Waals surface area contributed by atoms with Crippen LogP contribution in [-0.2, 0) is 14.3 Å².